The van der Waals surface area contributed by atoms with Crippen LogP contribution < -0.4 is 9.64 Å². The molecule has 2 aromatic carbocycles. The molecule has 6 nitrogen and oxygen atoms in total. The minimum atomic E-state index is -0.908. The lowest BCUT2D eigenvalue weighted by Crippen LogP contribution is -2.29. The molecule has 0 spiro atoms. The molecule has 3 aromatic rings. The molecule has 1 unspecified atom stereocenters. The molecule has 0 radical (unpaired) electrons. The molecule has 8 heteroatoms. The number of amides is 1. The predicted octanol–water partition coefficient (Wildman–Crippen LogP) is 5.33. The van der Waals surface area contributed by atoms with E-state index in [-0.39, 0.29) is 16.9 Å². The van der Waals surface area contributed by atoms with Gasteiger partial charge >= 0.3 is 5.91 Å². The van der Waals surface area contributed by atoms with Crippen LogP contribution in [-0.2, 0) is 9.59 Å². The van der Waals surface area contributed by atoms with Crippen molar-refractivity contribution in [3.8, 4) is 5.75 Å². The van der Waals surface area contributed by atoms with Gasteiger partial charge in [0.1, 0.15) is 17.3 Å². The van der Waals surface area contributed by atoms with Crippen molar-refractivity contribution in [2.75, 3.05) is 11.5 Å². The van der Waals surface area contributed by atoms with E-state index in [0.717, 1.165) is 6.42 Å². The van der Waals surface area contributed by atoms with E-state index in [2.05, 4.69) is 18.8 Å². The van der Waals surface area contributed by atoms with Gasteiger partial charge in [-0.1, -0.05) is 26.0 Å². The molecule has 1 N–H and O–H groups in total. The second-order valence-electron chi connectivity index (χ2n) is 8.09. The second kappa shape index (κ2) is 9.54. The minimum Gasteiger partial charge on any atom is -0.507 e. The van der Waals surface area contributed by atoms with Crippen LogP contribution in [0, 0.1) is 11.7 Å². The molecule has 4 rings (SSSR count). The Labute approximate surface area is 195 Å². The largest absolute Gasteiger partial charge is 0.507 e. The lowest BCUT2D eigenvalue weighted by molar-refractivity contribution is -0.132. The van der Waals surface area contributed by atoms with Crippen LogP contribution >= 0.6 is 11.3 Å². The number of ether oxygens (including phenoxy) is 1. The van der Waals surface area contributed by atoms with Gasteiger partial charge in [0, 0.05) is 17.1 Å². The van der Waals surface area contributed by atoms with E-state index in [0.29, 0.717) is 29.0 Å². The first-order valence-corrected chi connectivity index (χ1v) is 11.4. The van der Waals surface area contributed by atoms with E-state index in [1.165, 1.54) is 40.5 Å². The number of aliphatic hydroxyl groups is 1. The Hall–Kier alpha value is -3.52. The van der Waals surface area contributed by atoms with Gasteiger partial charge in [-0.15, -0.1) is 11.3 Å². The van der Waals surface area contributed by atoms with Crippen molar-refractivity contribution in [2.24, 2.45) is 5.92 Å². The van der Waals surface area contributed by atoms with Crippen molar-refractivity contribution in [2.45, 2.75) is 26.3 Å². The van der Waals surface area contributed by atoms with Crippen LogP contribution in [0.1, 0.15) is 37.4 Å². The van der Waals surface area contributed by atoms with E-state index in [1.807, 2.05) is 0 Å². The maximum atomic E-state index is 13.4. The van der Waals surface area contributed by atoms with E-state index in [1.54, 1.807) is 35.8 Å². The van der Waals surface area contributed by atoms with Gasteiger partial charge in [0.2, 0.25) is 0 Å². The fourth-order valence-corrected chi connectivity index (χ4v) is 4.30. The fraction of sp³-hybridized carbons (Fsp3) is 0.240. The maximum Gasteiger partial charge on any atom is 0.301 e. The first-order chi connectivity index (χ1) is 15.9. The van der Waals surface area contributed by atoms with Crippen molar-refractivity contribution in [1.82, 2.24) is 4.98 Å². The average Bonchev–Trinajstić information content (AvgIpc) is 3.41. The second-order valence-corrected chi connectivity index (χ2v) is 8.97. The van der Waals surface area contributed by atoms with Crippen molar-refractivity contribution >= 4 is 33.9 Å². The molecule has 1 amide bonds. The lowest BCUT2D eigenvalue weighted by atomic mass is 9.95. The van der Waals surface area contributed by atoms with Crippen molar-refractivity contribution in [1.29, 1.82) is 0 Å². The number of Topliss-reactive ketones (excluding diaryl/α,β-unsaturated/α-hetero) is 1. The molecule has 2 heterocycles. The monoisotopic (exact) mass is 466 g/mol. The van der Waals surface area contributed by atoms with Crippen molar-refractivity contribution in [3.05, 3.63) is 82.6 Å². The SMILES string of the molecule is CC(C)CCOc1cccc(C2C(=C(O)c3ccc(F)cc3)C(=O)C(=O)N2c2nccs2)c1. The number of ketones is 1. The zero-order valence-electron chi connectivity index (χ0n) is 18.2. The standard InChI is InChI=1S/C25H23FN2O4S/c1-15(2)10-12-32-19-5-3-4-17(14-19)21-20(22(29)16-6-8-18(26)9-7-16)23(30)24(31)28(21)25-27-11-13-33-25/h3-9,11,13-15,21,29H,10,12H2,1-2H3. The van der Waals surface area contributed by atoms with Gasteiger partial charge in [-0.25, -0.2) is 9.37 Å². The van der Waals surface area contributed by atoms with Gasteiger partial charge < -0.3 is 9.84 Å². The zero-order chi connectivity index (χ0) is 23.5. The van der Waals surface area contributed by atoms with Gasteiger partial charge in [-0.05, 0) is 54.3 Å². The smallest absolute Gasteiger partial charge is 0.301 e. The van der Waals surface area contributed by atoms with Gasteiger partial charge in [0.05, 0.1) is 18.2 Å². The number of halogens is 1. The molecule has 1 aliphatic heterocycles. The van der Waals surface area contributed by atoms with Gasteiger partial charge in [-0.2, -0.15) is 0 Å². The number of nitrogens with zero attached hydrogens (tertiary/aromatic N) is 2. The number of aliphatic hydroxyl groups excluding tert-OH is 1. The Kier molecular flexibility index (Phi) is 6.55. The highest BCUT2D eigenvalue weighted by molar-refractivity contribution is 7.14. The van der Waals surface area contributed by atoms with E-state index < -0.39 is 23.5 Å². The number of carbonyl (C=O) groups excluding carboxylic acids is 2. The molecule has 1 saturated heterocycles. The number of hydrogen-bond donors (Lipinski definition) is 1. The molecule has 33 heavy (non-hydrogen) atoms. The van der Waals surface area contributed by atoms with Crippen LogP contribution in [0.4, 0.5) is 9.52 Å². The Bertz CT molecular complexity index is 1190. The molecule has 1 aliphatic rings. The Morgan fingerprint density at radius 1 is 1.21 bits per heavy atom. The van der Waals surface area contributed by atoms with Crippen molar-refractivity contribution in [3.63, 3.8) is 0 Å². The minimum absolute atomic E-state index is 0.0823. The summed E-state index contributed by atoms with van der Waals surface area (Å²) in [6, 6.07) is 11.3. The normalized spacial score (nSPS) is 17.7. The third-order valence-electron chi connectivity index (χ3n) is 5.33. The first-order valence-electron chi connectivity index (χ1n) is 10.6. The van der Waals surface area contributed by atoms with E-state index in [4.69, 9.17) is 4.74 Å². The average molecular weight is 467 g/mol. The summed E-state index contributed by atoms with van der Waals surface area (Å²) < 4.78 is 19.3. The van der Waals surface area contributed by atoms with Gasteiger partial charge in [-0.3, -0.25) is 14.5 Å². The highest BCUT2D eigenvalue weighted by Gasteiger charge is 2.48. The van der Waals surface area contributed by atoms with Crippen LogP contribution in [0.25, 0.3) is 5.76 Å². The summed E-state index contributed by atoms with van der Waals surface area (Å²) in [5.41, 5.74) is 0.749. The topological polar surface area (TPSA) is 79.7 Å². The molecule has 0 bridgehead atoms. The highest BCUT2D eigenvalue weighted by atomic mass is 32.1. The van der Waals surface area contributed by atoms with Crippen LogP contribution in [0.2, 0.25) is 0 Å². The molecule has 1 atom stereocenters. The first kappa shape index (κ1) is 22.7. The molecular formula is C25H23FN2O4S. The predicted molar refractivity (Wildman–Crippen MR) is 125 cm³/mol. The van der Waals surface area contributed by atoms with E-state index >= 15 is 0 Å². The molecule has 0 aliphatic carbocycles. The molecule has 170 valence electrons. The summed E-state index contributed by atoms with van der Waals surface area (Å²) in [4.78, 5) is 31.6. The molecule has 1 aromatic heterocycles. The number of aromatic nitrogens is 1. The van der Waals surface area contributed by atoms with Crippen molar-refractivity contribution < 1.29 is 23.8 Å². The quantitative estimate of drug-likeness (QED) is 0.289. The number of carbonyl (C=O) groups is 2. The van der Waals surface area contributed by atoms with Crippen LogP contribution in [0.3, 0.4) is 0 Å². The Balaban J connectivity index is 1.81. The number of thiazole rings is 1. The Morgan fingerprint density at radius 2 is 1.97 bits per heavy atom. The van der Waals surface area contributed by atoms with Gasteiger partial charge in [0.25, 0.3) is 5.78 Å². The van der Waals surface area contributed by atoms with Crippen LogP contribution in [0.15, 0.2) is 65.7 Å². The summed E-state index contributed by atoms with van der Waals surface area (Å²) in [6.45, 7) is 4.75. The van der Waals surface area contributed by atoms with Crippen LogP contribution in [-0.4, -0.2) is 28.4 Å². The Morgan fingerprint density at radius 3 is 2.64 bits per heavy atom. The summed E-state index contributed by atoms with van der Waals surface area (Å²) in [5.74, 6) is -1.38. The third-order valence-corrected chi connectivity index (χ3v) is 6.10. The fourth-order valence-electron chi connectivity index (χ4n) is 3.63. The lowest BCUT2D eigenvalue weighted by Gasteiger charge is -2.23. The molecule has 0 saturated carbocycles. The number of anilines is 1. The van der Waals surface area contributed by atoms with Gasteiger partial charge in [0.15, 0.2) is 5.13 Å². The van der Waals surface area contributed by atoms with E-state index in [9.17, 15) is 19.1 Å². The number of benzene rings is 2. The summed E-state index contributed by atoms with van der Waals surface area (Å²) in [5, 5.41) is 13.1. The maximum absolute atomic E-state index is 13.4. The summed E-state index contributed by atoms with van der Waals surface area (Å²) in [6.07, 6.45) is 2.42. The number of hydrogen-bond acceptors (Lipinski definition) is 6. The van der Waals surface area contributed by atoms with Crippen LogP contribution in [0.5, 0.6) is 5.75 Å². The molecular weight excluding hydrogens is 443 g/mol. The molecule has 1 fully saturated rings. The highest BCUT2D eigenvalue weighted by Crippen LogP contribution is 2.43. The zero-order valence-corrected chi connectivity index (χ0v) is 19.0. The summed E-state index contributed by atoms with van der Waals surface area (Å²) in [7, 11) is 0. The number of rotatable bonds is 7. The third kappa shape index (κ3) is 4.66. The summed E-state index contributed by atoms with van der Waals surface area (Å²) >= 11 is 1.21.